The summed E-state index contributed by atoms with van der Waals surface area (Å²) in [4.78, 5) is 3.67. The Hall–Kier alpha value is -1.06. The molecule has 13 heavy (non-hydrogen) atoms. The summed E-state index contributed by atoms with van der Waals surface area (Å²) >= 11 is 0. The number of aryl methyl sites for hydroxylation is 1. The summed E-state index contributed by atoms with van der Waals surface area (Å²) in [5.74, 6) is 0. The molecule has 0 amide bonds. The van der Waals surface area contributed by atoms with E-state index >= 15 is 0 Å². The molecule has 0 aromatic carbocycles. The Morgan fingerprint density at radius 1 is 1.31 bits per heavy atom. The highest BCUT2D eigenvalue weighted by molar-refractivity contribution is 5.16. The highest BCUT2D eigenvalue weighted by Gasteiger charge is 2.30. The number of pyridine rings is 1. The van der Waals surface area contributed by atoms with E-state index in [-0.39, 0.29) is 0 Å². The van der Waals surface area contributed by atoms with Crippen molar-refractivity contribution in [2.45, 2.75) is 19.0 Å². The molecule has 0 bridgehead atoms. The van der Waals surface area contributed by atoms with Gasteiger partial charge in [-0.2, -0.15) is 13.2 Å². The summed E-state index contributed by atoms with van der Waals surface area (Å²) in [7, 11) is 0. The second kappa shape index (κ2) is 3.77. The summed E-state index contributed by atoms with van der Waals surface area (Å²) in [5, 5.41) is 0. The van der Waals surface area contributed by atoms with E-state index in [2.05, 4.69) is 11.9 Å². The molecule has 0 saturated carbocycles. The first-order chi connectivity index (χ1) is 6.04. The lowest BCUT2D eigenvalue weighted by Gasteiger charge is -2.05. The first-order valence-corrected chi connectivity index (χ1v) is 3.85. The molecule has 0 N–H and O–H groups in total. The van der Waals surface area contributed by atoms with E-state index in [0.29, 0.717) is 18.5 Å². The van der Waals surface area contributed by atoms with E-state index in [0.717, 1.165) is 12.3 Å². The van der Waals surface area contributed by atoms with Gasteiger partial charge >= 0.3 is 6.18 Å². The van der Waals surface area contributed by atoms with Gasteiger partial charge in [-0.3, -0.25) is 4.98 Å². The van der Waals surface area contributed by atoms with E-state index in [4.69, 9.17) is 0 Å². The van der Waals surface area contributed by atoms with Gasteiger partial charge in [0, 0.05) is 11.9 Å². The van der Waals surface area contributed by atoms with Gasteiger partial charge in [-0.25, -0.2) is 0 Å². The fourth-order valence-electron chi connectivity index (χ4n) is 0.921. The van der Waals surface area contributed by atoms with Crippen molar-refractivity contribution in [1.82, 2.24) is 4.98 Å². The van der Waals surface area contributed by atoms with Crippen molar-refractivity contribution in [3.05, 3.63) is 36.5 Å². The van der Waals surface area contributed by atoms with Gasteiger partial charge in [-0.1, -0.05) is 6.92 Å². The van der Waals surface area contributed by atoms with Gasteiger partial charge in [0.15, 0.2) is 0 Å². The molecule has 1 nitrogen and oxygen atoms in total. The molecular weight excluding hydrogens is 179 g/mol. The molecule has 1 radical (unpaired) electrons. The standard InChI is InChI=1S/C9H9F3N/c1-2-3-8-5-4-7(6-13-8)9(10,11)12/h4-6H,1-3H2. The SMILES string of the molecule is [CH2]CCc1ccc(C(F)(F)F)cn1. The van der Waals surface area contributed by atoms with Crippen molar-refractivity contribution >= 4 is 0 Å². The molecule has 4 heteroatoms. The predicted molar refractivity (Wildman–Crippen MR) is 42.9 cm³/mol. The molecule has 1 rings (SSSR count). The molecular formula is C9H9F3N. The second-order valence-corrected chi connectivity index (χ2v) is 2.64. The van der Waals surface area contributed by atoms with Gasteiger partial charge in [0.2, 0.25) is 0 Å². The van der Waals surface area contributed by atoms with Crippen LogP contribution in [0.4, 0.5) is 13.2 Å². The minimum Gasteiger partial charge on any atom is -0.261 e. The van der Waals surface area contributed by atoms with Gasteiger partial charge in [0.05, 0.1) is 5.56 Å². The normalized spacial score (nSPS) is 11.7. The van der Waals surface area contributed by atoms with E-state index in [9.17, 15) is 13.2 Å². The van der Waals surface area contributed by atoms with Gasteiger partial charge < -0.3 is 0 Å². The van der Waals surface area contributed by atoms with Gasteiger partial charge in [0.25, 0.3) is 0 Å². The number of rotatable bonds is 2. The Morgan fingerprint density at radius 3 is 2.38 bits per heavy atom. The first kappa shape index (κ1) is 10.0. The van der Waals surface area contributed by atoms with E-state index in [1.165, 1.54) is 6.07 Å². The molecule has 0 fully saturated rings. The van der Waals surface area contributed by atoms with Gasteiger partial charge in [0.1, 0.15) is 0 Å². The third-order valence-corrected chi connectivity index (χ3v) is 1.58. The fraction of sp³-hybridized carbons (Fsp3) is 0.333. The van der Waals surface area contributed by atoms with Crippen LogP contribution < -0.4 is 0 Å². The van der Waals surface area contributed by atoms with Crippen molar-refractivity contribution in [1.29, 1.82) is 0 Å². The zero-order chi connectivity index (χ0) is 9.90. The quantitative estimate of drug-likeness (QED) is 0.695. The summed E-state index contributed by atoms with van der Waals surface area (Å²) in [6.07, 6.45) is -2.20. The third-order valence-electron chi connectivity index (χ3n) is 1.58. The Labute approximate surface area is 74.6 Å². The largest absolute Gasteiger partial charge is 0.417 e. The molecule has 1 aromatic rings. The van der Waals surface area contributed by atoms with Crippen LogP contribution in [-0.4, -0.2) is 4.98 Å². The molecule has 0 aliphatic carbocycles. The maximum Gasteiger partial charge on any atom is 0.417 e. The number of hydrogen-bond donors (Lipinski definition) is 0. The van der Waals surface area contributed by atoms with Crippen LogP contribution in [0.25, 0.3) is 0 Å². The topological polar surface area (TPSA) is 12.9 Å². The highest BCUT2D eigenvalue weighted by atomic mass is 19.4. The zero-order valence-electron chi connectivity index (χ0n) is 6.93. The second-order valence-electron chi connectivity index (χ2n) is 2.64. The number of nitrogens with zero attached hydrogens (tertiary/aromatic N) is 1. The third kappa shape index (κ3) is 2.72. The van der Waals surface area contributed by atoms with Gasteiger partial charge in [-0.15, -0.1) is 0 Å². The smallest absolute Gasteiger partial charge is 0.261 e. The number of hydrogen-bond acceptors (Lipinski definition) is 1. The zero-order valence-corrected chi connectivity index (χ0v) is 6.93. The summed E-state index contributed by atoms with van der Waals surface area (Å²) in [5.41, 5.74) is -0.0664. The Bertz CT molecular complexity index is 263. The van der Waals surface area contributed by atoms with Crippen LogP contribution in [0.15, 0.2) is 18.3 Å². The van der Waals surface area contributed by atoms with Crippen LogP contribution in [0.2, 0.25) is 0 Å². The van der Waals surface area contributed by atoms with Crippen molar-refractivity contribution in [3.63, 3.8) is 0 Å². The average molecular weight is 188 g/mol. The molecule has 0 aliphatic rings. The van der Waals surface area contributed by atoms with Crippen LogP contribution >= 0.6 is 0 Å². The summed E-state index contributed by atoms with van der Waals surface area (Å²) < 4.78 is 36.2. The van der Waals surface area contributed by atoms with Crippen molar-refractivity contribution < 1.29 is 13.2 Å². The van der Waals surface area contributed by atoms with Crippen LogP contribution in [0.3, 0.4) is 0 Å². The van der Waals surface area contributed by atoms with Crippen LogP contribution in [-0.2, 0) is 12.6 Å². The molecule has 0 unspecified atom stereocenters. The molecule has 0 spiro atoms. The lowest BCUT2D eigenvalue weighted by Crippen LogP contribution is -2.05. The molecule has 0 atom stereocenters. The minimum atomic E-state index is -4.30. The summed E-state index contributed by atoms with van der Waals surface area (Å²) in [6.45, 7) is 3.59. The highest BCUT2D eigenvalue weighted by Crippen LogP contribution is 2.28. The van der Waals surface area contributed by atoms with Crippen molar-refractivity contribution in [2.75, 3.05) is 0 Å². The van der Waals surface area contributed by atoms with E-state index < -0.39 is 11.7 Å². The molecule has 1 aromatic heterocycles. The average Bonchev–Trinajstić information content (AvgIpc) is 2.04. The Morgan fingerprint density at radius 2 is 2.00 bits per heavy atom. The van der Waals surface area contributed by atoms with Crippen LogP contribution in [0.1, 0.15) is 17.7 Å². The van der Waals surface area contributed by atoms with Crippen molar-refractivity contribution in [3.8, 4) is 0 Å². The monoisotopic (exact) mass is 188 g/mol. The predicted octanol–water partition coefficient (Wildman–Crippen LogP) is 2.87. The van der Waals surface area contributed by atoms with Gasteiger partial charge in [-0.05, 0) is 25.0 Å². The molecule has 71 valence electrons. The van der Waals surface area contributed by atoms with E-state index in [1.54, 1.807) is 0 Å². The Balaban J connectivity index is 2.81. The summed E-state index contributed by atoms with van der Waals surface area (Å²) in [6, 6.07) is 2.42. The van der Waals surface area contributed by atoms with Crippen molar-refractivity contribution in [2.24, 2.45) is 0 Å². The molecule has 0 saturated heterocycles. The maximum atomic E-state index is 12.1. The molecule has 1 heterocycles. The van der Waals surface area contributed by atoms with E-state index in [1.807, 2.05) is 0 Å². The Kier molecular flexibility index (Phi) is 2.90. The number of aromatic nitrogens is 1. The maximum absolute atomic E-state index is 12.1. The van der Waals surface area contributed by atoms with Crippen LogP contribution in [0, 0.1) is 6.92 Å². The lowest BCUT2D eigenvalue weighted by molar-refractivity contribution is -0.137. The first-order valence-electron chi connectivity index (χ1n) is 3.85. The molecule has 0 aliphatic heterocycles. The minimum absolute atomic E-state index is 0.609. The van der Waals surface area contributed by atoms with Crippen LogP contribution in [0.5, 0.6) is 0 Å². The lowest BCUT2D eigenvalue weighted by atomic mass is 10.2. The number of halogens is 3. The number of alkyl halides is 3. The fourth-order valence-corrected chi connectivity index (χ4v) is 0.921.